The van der Waals surface area contributed by atoms with E-state index in [1.54, 1.807) is 12.1 Å². The zero-order valence-corrected chi connectivity index (χ0v) is 13.2. The highest BCUT2D eigenvalue weighted by atomic mass is 19.1. The van der Waals surface area contributed by atoms with Crippen LogP contribution in [0, 0.1) is 5.82 Å². The molecule has 1 aromatic carbocycles. The lowest BCUT2D eigenvalue weighted by Crippen LogP contribution is -2.57. The van der Waals surface area contributed by atoms with Crippen molar-refractivity contribution in [3.05, 3.63) is 41.2 Å². The summed E-state index contributed by atoms with van der Waals surface area (Å²) in [4.78, 5) is 22.8. The van der Waals surface area contributed by atoms with Gasteiger partial charge in [-0.3, -0.25) is 10.1 Å². The highest BCUT2D eigenvalue weighted by Gasteiger charge is 2.44. The van der Waals surface area contributed by atoms with Gasteiger partial charge >= 0.3 is 11.9 Å². The molecule has 1 fully saturated rings. The average Bonchev–Trinajstić information content (AvgIpc) is 2.52. The third-order valence-corrected chi connectivity index (χ3v) is 4.09. The van der Waals surface area contributed by atoms with E-state index in [2.05, 4.69) is 10.1 Å². The Morgan fingerprint density at radius 2 is 2.04 bits per heavy atom. The van der Waals surface area contributed by atoms with Crippen molar-refractivity contribution in [1.82, 2.24) is 5.32 Å². The summed E-state index contributed by atoms with van der Waals surface area (Å²) in [5, 5.41) is 3.11. The molecule has 0 aromatic heterocycles. The van der Waals surface area contributed by atoms with Crippen molar-refractivity contribution in [3.63, 3.8) is 0 Å². The number of benzene rings is 1. The van der Waals surface area contributed by atoms with Gasteiger partial charge in [-0.1, -0.05) is 12.1 Å². The molecule has 124 valence electrons. The van der Waals surface area contributed by atoms with Gasteiger partial charge in [0.1, 0.15) is 11.4 Å². The maximum Gasteiger partial charge on any atom is 0.330 e. The van der Waals surface area contributed by atoms with Crippen LogP contribution in [0.25, 0.3) is 6.08 Å². The number of rotatable bonds is 6. The van der Waals surface area contributed by atoms with E-state index in [1.165, 1.54) is 32.4 Å². The normalized spacial score (nSPS) is 16.0. The van der Waals surface area contributed by atoms with E-state index in [1.807, 2.05) is 0 Å². The largest absolute Gasteiger partial charge is 0.468 e. The van der Waals surface area contributed by atoms with E-state index in [4.69, 9.17) is 4.74 Å². The van der Waals surface area contributed by atoms with E-state index in [0.717, 1.165) is 6.42 Å². The minimum atomic E-state index is -0.690. The number of methoxy groups -OCH3 is 2. The van der Waals surface area contributed by atoms with E-state index >= 15 is 0 Å². The molecule has 0 unspecified atom stereocenters. The molecule has 0 atom stereocenters. The van der Waals surface area contributed by atoms with Crippen LogP contribution in [0.1, 0.15) is 30.4 Å². The first-order valence-electron chi connectivity index (χ1n) is 7.38. The van der Waals surface area contributed by atoms with Gasteiger partial charge in [0.25, 0.3) is 0 Å². The van der Waals surface area contributed by atoms with E-state index in [9.17, 15) is 14.0 Å². The van der Waals surface area contributed by atoms with Crippen LogP contribution in [0.5, 0.6) is 0 Å². The maximum atomic E-state index is 14.1. The fourth-order valence-electron chi connectivity index (χ4n) is 2.49. The van der Waals surface area contributed by atoms with Crippen LogP contribution < -0.4 is 5.32 Å². The predicted octanol–water partition coefficient (Wildman–Crippen LogP) is 2.20. The van der Waals surface area contributed by atoms with Gasteiger partial charge in [-0.15, -0.1) is 0 Å². The standard InChI is InChI=1S/C17H20FNO4/c1-22-15(20)7-5-12-4-6-13(14(18)10-12)11-19-17(8-3-9-17)16(21)23-2/h4-7,10,19H,3,8-9,11H2,1-2H3/b7-5+. The summed E-state index contributed by atoms with van der Waals surface area (Å²) >= 11 is 0. The molecule has 0 saturated heterocycles. The smallest absolute Gasteiger partial charge is 0.330 e. The van der Waals surface area contributed by atoms with Crippen LogP contribution in [0.4, 0.5) is 4.39 Å². The Kier molecular flexibility index (Phi) is 5.50. The number of hydrogen-bond donors (Lipinski definition) is 1. The van der Waals surface area contributed by atoms with Crippen molar-refractivity contribution in [1.29, 1.82) is 0 Å². The Bertz CT molecular complexity index is 623. The van der Waals surface area contributed by atoms with E-state index in [0.29, 0.717) is 24.0 Å². The summed E-state index contributed by atoms with van der Waals surface area (Å²) in [6.45, 7) is 0.238. The quantitative estimate of drug-likeness (QED) is 0.643. The Hall–Kier alpha value is -2.21. The minimum absolute atomic E-state index is 0.238. The van der Waals surface area contributed by atoms with Gasteiger partial charge in [0, 0.05) is 18.2 Å². The second-order valence-corrected chi connectivity index (χ2v) is 5.49. The van der Waals surface area contributed by atoms with Gasteiger partial charge in [-0.05, 0) is 37.0 Å². The second kappa shape index (κ2) is 7.37. The average molecular weight is 321 g/mol. The lowest BCUT2D eigenvalue weighted by molar-refractivity contribution is -0.152. The summed E-state index contributed by atoms with van der Waals surface area (Å²) in [7, 11) is 2.63. The van der Waals surface area contributed by atoms with Crippen LogP contribution in [-0.2, 0) is 25.6 Å². The molecule has 1 N–H and O–H groups in total. The number of carbonyl (C=O) groups excluding carboxylic acids is 2. The number of esters is 2. The molecule has 0 bridgehead atoms. The molecule has 0 aliphatic heterocycles. The Labute approximate surface area is 134 Å². The number of carbonyl (C=O) groups is 2. The second-order valence-electron chi connectivity index (χ2n) is 5.49. The molecule has 1 aliphatic carbocycles. The first-order chi connectivity index (χ1) is 11.0. The van der Waals surface area contributed by atoms with Crippen molar-refractivity contribution in [2.75, 3.05) is 14.2 Å². The maximum absolute atomic E-state index is 14.1. The molecular formula is C17H20FNO4. The molecule has 0 radical (unpaired) electrons. The Balaban J connectivity index is 2.02. The molecule has 1 aliphatic rings. The molecule has 23 heavy (non-hydrogen) atoms. The fraction of sp³-hybridized carbons (Fsp3) is 0.412. The van der Waals surface area contributed by atoms with Crippen molar-refractivity contribution < 1.29 is 23.5 Å². The minimum Gasteiger partial charge on any atom is -0.468 e. The van der Waals surface area contributed by atoms with Gasteiger partial charge in [0.05, 0.1) is 14.2 Å². The number of ether oxygens (including phenoxy) is 2. The van der Waals surface area contributed by atoms with Gasteiger partial charge in [-0.25, -0.2) is 9.18 Å². The van der Waals surface area contributed by atoms with Gasteiger partial charge in [0.15, 0.2) is 0 Å². The topological polar surface area (TPSA) is 64.6 Å². The fourth-order valence-corrected chi connectivity index (χ4v) is 2.49. The molecule has 1 saturated carbocycles. The molecule has 6 heteroatoms. The number of halogens is 1. The Morgan fingerprint density at radius 1 is 1.30 bits per heavy atom. The van der Waals surface area contributed by atoms with Crippen LogP contribution in [0.2, 0.25) is 0 Å². The van der Waals surface area contributed by atoms with Crippen LogP contribution in [0.3, 0.4) is 0 Å². The summed E-state index contributed by atoms with van der Waals surface area (Å²) in [6, 6.07) is 4.66. The van der Waals surface area contributed by atoms with E-state index in [-0.39, 0.29) is 12.5 Å². The first kappa shape index (κ1) is 17.1. The molecule has 0 spiro atoms. The third-order valence-electron chi connectivity index (χ3n) is 4.09. The lowest BCUT2D eigenvalue weighted by atomic mass is 9.76. The zero-order valence-electron chi connectivity index (χ0n) is 13.2. The highest BCUT2D eigenvalue weighted by Crippen LogP contribution is 2.33. The molecule has 2 rings (SSSR count). The molecule has 5 nitrogen and oxygen atoms in total. The van der Waals surface area contributed by atoms with Crippen LogP contribution in [-0.4, -0.2) is 31.7 Å². The lowest BCUT2D eigenvalue weighted by Gasteiger charge is -2.39. The van der Waals surface area contributed by atoms with Crippen molar-refractivity contribution in [2.24, 2.45) is 0 Å². The van der Waals surface area contributed by atoms with Crippen LogP contribution >= 0.6 is 0 Å². The molecule has 1 aromatic rings. The van der Waals surface area contributed by atoms with Gasteiger partial charge in [0.2, 0.25) is 0 Å². The van der Waals surface area contributed by atoms with Crippen molar-refractivity contribution in [2.45, 2.75) is 31.3 Å². The molecule has 0 amide bonds. The molecule has 0 heterocycles. The van der Waals surface area contributed by atoms with Crippen molar-refractivity contribution in [3.8, 4) is 0 Å². The summed E-state index contributed by atoms with van der Waals surface area (Å²) < 4.78 is 23.4. The predicted molar refractivity (Wildman–Crippen MR) is 82.9 cm³/mol. The summed E-state index contributed by atoms with van der Waals surface area (Å²) in [5.41, 5.74) is 0.323. The summed E-state index contributed by atoms with van der Waals surface area (Å²) in [6.07, 6.45) is 5.05. The van der Waals surface area contributed by atoms with E-state index < -0.39 is 17.3 Å². The Morgan fingerprint density at radius 3 is 2.57 bits per heavy atom. The van der Waals surface area contributed by atoms with Crippen molar-refractivity contribution >= 4 is 18.0 Å². The third kappa shape index (κ3) is 3.96. The molecular weight excluding hydrogens is 301 g/mol. The number of hydrogen-bond acceptors (Lipinski definition) is 5. The SMILES string of the molecule is COC(=O)/C=C/c1ccc(CNC2(C(=O)OC)CCC2)c(F)c1. The van der Waals surface area contributed by atoms with Gasteiger partial charge in [-0.2, -0.15) is 0 Å². The first-order valence-corrected chi connectivity index (χ1v) is 7.38. The number of nitrogens with one attached hydrogen (secondary N) is 1. The zero-order chi connectivity index (χ0) is 16.9. The van der Waals surface area contributed by atoms with Gasteiger partial charge < -0.3 is 9.47 Å². The summed E-state index contributed by atoms with van der Waals surface area (Å²) in [5.74, 6) is -1.20. The van der Waals surface area contributed by atoms with Crippen LogP contribution in [0.15, 0.2) is 24.3 Å². The highest BCUT2D eigenvalue weighted by molar-refractivity contribution is 5.86. The monoisotopic (exact) mass is 321 g/mol.